The zero-order valence-electron chi connectivity index (χ0n) is 10.7. The summed E-state index contributed by atoms with van der Waals surface area (Å²) >= 11 is 0. The SMILES string of the molecule is CC(NCc1cc(C#N)ccc1F)C1CCCC1. The van der Waals surface area contributed by atoms with E-state index < -0.39 is 0 Å². The van der Waals surface area contributed by atoms with E-state index in [2.05, 4.69) is 12.2 Å². The van der Waals surface area contributed by atoms with Crippen LogP contribution in [0.4, 0.5) is 4.39 Å². The van der Waals surface area contributed by atoms with Gasteiger partial charge < -0.3 is 5.32 Å². The standard InChI is InChI=1S/C15H19FN2/c1-11(13-4-2-3-5-13)18-10-14-8-12(9-17)6-7-15(14)16/h6-8,11,13,18H,2-5,10H2,1H3. The summed E-state index contributed by atoms with van der Waals surface area (Å²) in [6, 6.07) is 6.97. The normalized spacial score (nSPS) is 17.6. The van der Waals surface area contributed by atoms with Crippen molar-refractivity contribution < 1.29 is 4.39 Å². The predicted octanol–water partition coefficient (Wildman–Crippen LogP) is 3.37. The highest BCUT2D eigenvalue weighted by atomic mass is 19.1. The van der Waals surface area contributed by atoms with Crippen molar-refractivity contribution in [1.29, 1.82) is 5.26 Å². The Bertz CT molecular complexity index is 444. The van der Waals surface area contributed by atoms with Crippen LogP contribution >= 0.6 is 0 Å². The van der Waals surface area contributed by atoms with E-state index in [1.165, 1.54) is 37.8 Å². The highest BCUT2D eigenvalue weighted by molar-refractivity contribution is 5.33. The molecule has 18 heavy (non-hydrogen) atoms. The van der Waals surface area contributed by atoms with E-state index >= 15 is 0 Å². The van der Waals surface area contributed by atoms with Crippen molar-refractivity contribution in [3.8, 4) is 6.07 Å². The fourth-order valence-corrected chi connectivity index (χ4v) is 2.67. The summed E-state index contributed by atoms with van der Waals surface area (Å²) in [6.45, 7) is 2.67. The molecule has 1 fully saturated rings. The van der Waals surface area contributed by atoms with Crippen molar-refractivity contribution in [2.75, 3.05) is 0 Å². The number of nitriles is 1. The number of nitrogens with one attached hydrogen (secondary N) is 1. The number of hydrogen-bond donors (Lipinski definition) is 1. The molecule has 0 spiro atoms. The highest BCUT2D eigenvalue weighted by Crippen LogP contribution is 2.27. The Hall–Kier alpha value is -1.40. The first-order valence-corrected chi connectivity index (χ1v) is 6.62. The summed E-state index contributed by atoms with van der Waals surface area (Å²) in [5, 5.41) is 12.2. The van der Waals surface area contributed by atoms with Gasteiger partial charge in [-0.2, -0.15) is 5.26 Å². The molecular formula is C15H19FN2. The Morgan fingerprint density at radius 3 is 2.83 bits per heavy atom. The summed E-state index contributed by atoms with van der Waals surface area (Å²) in [5.41, 5.74) is 1.10. The first kappa shape index (κ1) is 13.0. The predicted molar refractivity (Wildman–Crippen MR) is 69.4 cm³/mol. The second-order valence-electron chi connectivity index (χ2n) is 5.13. The molecule has 1 aliphatic rings. The molecule has 1 aromatic carbocycles. The lowest BCUT2D eigenvalue weighted by Crippen LogP contribution is -2.32. The van der Waals surface area contributed by atoms with Gasteiger partial charge in [0.15, 0.2) is 0 Å². The molecule has 1 aromatic rings. The first-order chi connectivity index (χ1) is 8.70. The molecule has 1 atom stereocenters. The van der Waals surface area contributed by atoms with Gasteiger partial charge >= 0.3 is 0 Å². The molecule has 1 unspecified atom stereocenters. The van der Waals surface area contributed by atoms with Crippen molar-refractivity contribution in [3.63, 3.8) is 0 Å². The number of nitrogens with zero attached hydrogens (tertiary/aromatic N) is 1. The minimum Gasteiger partial charge on any atom is -0.310 e. The fraction of sp³-hybridized carbons (Fsp3) is 0.533. The third-order valence-electron chi connectivity index (χ3n) is 3.90. The number of rotatable bonds is 4. The summed E-state index contributed by atoms with van der Waals surface area (Å²) in [6.07, 6.45) is 5.17. The van der Waals surface area contributed by atoms with E-state index in [0.29, 0.717) is 29.6 Å². The van der Waals surface area contributed by atoms with Crippen LogP contribution in [0.3, 0.4) is 0 Å². The molecule has 96 valence electrons. The van der Waals surface area contributed by atoms with Crippen LogP contribution in [-0.4, -0.2) is 6.04 Å². The Balaban J connectivity index is 1.95. The second kappa shape index (κ2) is 5.97. The fourth-order valence-electron chi connectivity index (χ4n) is 2.67. The van der Waals surface area contributed by atoms with Gasteiger partial charge in [0, 0.05) is 18.2 Å². The third kappa shape index (κ3) is 3.08. The van der Waals surface area contributed by atoms with Crippen LogP contribution < -0.4 is 5.32 Å². The van der Waals surface area contributed by atoms with Crippen LogP contribution in [0.1, 0.15) is 43.7 Å². The van der Waals surface area contributed by atoms with E-state index in [1.54, 1.807) is 6.07 Å². The van der Waals surface area contributed by atoms with Crippen molar-refractivity contribution in [2.24, 2.45) is 5.92 Å². The smallest absolute Gasteiger partial charge is 0.127 e. The van der Waals surface area contributed by atoms with Gasteiger partial charge in [0.1, 0.15) is 5.82 Å². The molecule has 0 aliphatic heterocycles. The Morgan fingerprint density at radius 1 is 1.44 bits per heavy atom. The van der Waals surface area contributed by atoms with E-state index in [-0.39, 0.29) is 5.82 Å². The van der Waals surface area contributed by atoms with Crippen LogP contribution in [0.2, 0.25) is 0 Å². The third-order valence-corrected chi connectivity index (χ3v) is 3.90. The van der Waals surface area contributed by atoms with Gasteiger partial charge in [-0.05, 0) is 43.9 Å². The van der Waals surface area contributed by atoms with Crippen molar-refractivity contribution >= 4 is 0 Å². The van der Waals surface area contributed by atoms with Crippen LogP contribution in [0.15, 0.2) is 18.2 Å². The minimum absolute atomic E-state index is 0.236. The number of benzene rings is 1. The van der Waals surface area contributed by atoms with E-state index in [4.69, 9.17) is 5.26 Å². The monoisotopic (exact) mass is 246 g/mol. The summed E-state index contributed by atoms with van der Waals surface area (Å²) in [5.74, 6) is 0.479. The Morgan fingerprint density at radius 2 is 2.17 bits per heavy atom. The average Bonchev–Trinajstić information content (AvgIpc) is 2.91. The summed E-state index contributed by atoms with van der Waals surface area (Å²) in [7, 11) is 0. The molecule has 2 nitrogen and oxygen atoms in total. The zero-order valence-corrected chi connectivity index (χ0v) is 10.7. The molecule has 0 radical (unpaired) electrons. The van der Waals surface area contributed by atoms with Crippen molar-refractivity contribution in [1.82, 2.24) is 5.32 Å². The van der Waals surface area contributed by atoms with Crippen molar-refractivity contribution in [3.05, 3.63) is 35.1 Å². The number of hydrogen-bond acceptors (Lipinski definition) is 2. The van der Waals surface area contributed by atoms with Crippen molar-refractivity contribution in [2.45, 2.75) is 45.2 Å². The van der Waals surface area contributed by atoms with Gasteiger partial charge in [0.2, 0.25) is 0 Å². The van der Waals surface area contributed by atoms with Crippen LogP contribution in [0, 0.1) is 23.1 Å². The minimum atomic E-state index is -0.236. The van der Waals surface area contributed by atoms with Gasteiger partial charge in [0.05, 0.1) is 11.6 Å². The maximum absolute atomic E-state index is 13.6. The van der Waals surface area contributed by atoms with Gasteiger partial charge in [-0.3, -0.25) is 0 Å². The first-order valence-electron chi connectivity index (χ1n) is 6.62. The lowest BCUT2D eigenvalue weighted by molar-refractivity contribution is 0.378. The largest absolute Gasteiger partial charge is 0.310 e. The molecule has 0 heterocycles. The lowest BCUT2D eigenvalue weighted by Gasteiger charge is -2.20. The zero-order chi connectivity index (χ0) is 13.0. The molecule has 2 rings (SSSR count). The highest BCUT2D eigenvalue weighted by Gasteiger charge is 2.21. The Labute approximate surface area is 108 Å². The van der Waals surface area contributed by atoms with Crippen LogP contribution in [-0.2, 0) is 6.54 Å². The molecule has 1 aliphatic carbocycles. The van der Waals surface area contributed by atoms with E-state index in [9.17, 15) is 4.39 Å². The van der Waals surface area contributed by atoms with Crippen LogP contribution in [0.5, 0.6) is 0 Å². The van der Waals surface area contributed by atoms with Gasteiger partial charge in [0.25, 0.3) is 0 Å². The number of halogens is 1. The molecule has 1 N–H and O–H groups in total. The quantitative estimate of drug-likeness (QED) is 0.884. The molecular weight excluding hydrogens is 227 g/mol. The van der Waals surface area contributed by atoms with Gasteiger partial charge in [-0.25, -0.2) is 4.39 Å². The Kier molecular flexibility index (Phi) is 4.33. The van der Waals surface area contributed by atoms with E-state index in [0.717, 1.165) is 0 Å². The topological polar surface area (TPSA) is 35.8 Å². The molecule has 3 heteroatoms. The molecule has 0 aromatic heterocycles. The summed E-state index contributed by atoms with van der Waals surface area (Å²) < 4.78 is 13.6. The maximum Gasteiger partial charge on any atom is 0.127 e. The van der Waals surface area contributed by atoms with Gasteiger partial charge in [-0.1, -0.05) is 12.8 Å². The molecule has 0 bridgehead atoms. The molecule has 1 saturated carbocycles. The second-order valence-corrected chi connectivity index (χ2v) is 5.13. The molecule has 0 saturated heterocycles. The van der Waals surface area contributed by atoms with Gasteiger partial charge in [-0.15, -0.1) is 0 Å². The lowest BCUT2D eigenvalue weighted by atomic mass is 9.99. The van der Waals surface area contributed by atoms with E-state index in [1.807, 2.05) is 6.07 Å². The average molecular weight is 246 g/mol. The molecule has 0 amide bonds. The maximum atomic E-state index is 13.6. The van der Waals surface area contributed by atoms with Crippen LogP contribution in [0.25, 0.3) is 0 Å². The summed E-state index contributed by atoms with van der Waals surface area (Å²) in [4.78, 5) is 0.